The van der Waals surface area contributed by atoms with Gasteiger partial charge in [0.1, 0.15) is 16.4 Å². The molecule has 0 radical (unpaired) electrons. The Morgan fingerprint density at radius 3 is 2.59 bits per heavy atom. The number of aromatic amines is 1. The van der Waals surface area contributed by atoms with Crippen molar-refractivity contribution >= 4 is 21.6 Å². The molecule has 0 spiro atoms. The van der Waals surface area contributed by atoms with E-state index in [1.165, 1.54) is 4.88 Å². The lowest BCUT2D eigenvalue weighted by atomic mass is 10.2. The SMILES string of the molecule is Cc1sc2nc(CN3CCN(CCCOc4ccccc4)CC3)[nH]c(=O)c2c1C. The van der Waals surface area contributed by atoms with Crippen LogP contribution in [0.4, 0.5) is 0 Å². The third-order valence-electron chi connectivity index (χ3n) is 5.56. The number of fused-ring (bicyclic) bond motifs is 1. The number of hydrogen-bond donors (Lipinski definition) is 1. The Kier molecular flexibility index (Phi) is 6.28. The highest BCUT2D eigenvalue weighted by molar-refractivity contribution is 7.18. The zero-order valence-electron chi connectivity index (χ0n) is 17.1. The van der Waals surface area contributed by atoms with E-state index < -0.39 is 0 Å². The average molecular weight is 413 g/mol. The van der Waals surface area contributed by atoms with Crippen LogP contribution in [-0.2, 0) is 6.54 Å². The van der Waals surface area contributed by atoms with Crippen LogP contribution in [-0.4, -0.2) is 59.1 Å². The maximum Gasteiger partial charge on any atom is 0.259 e. The summed E-state index contributed by atoms with van der Waals surface area (Å²) < 4.78 is 5.78. The third-order valence-corrected chi connectivity index (χ3v) is 6.66. The van der Waals surface area contributed by atoms with E-state index in [2.05, 4.69) is 14.8 Å². The minimum atomic E-state index is -0.0103. The zero-order valence-corrected chi connectivity index (χ0v) is 17.9. The highest BCUT2D eigenvalue weighted by Gasteiger charge is 2.18. The minimum absolute atomic E-state index is 0.0103. The maximum atomic E-state index is 12.4. The van der Waals surface area contributed by atoms with Crippen LogP contribution >= 0.6 is 11.3 Å². The molecule has 0 bridgehead atoms. The predicted octanol–water partition coefficient (Wildman–Crippen LogP) is 3.19. The van der Waals surface area contributed by atoms with Crippen molar-refractivity contribution in [2.24, 2.45) is 0 Å². The number of aryl methyl sites for hydroxylation is 2. The lowest BCUT2D eigenvalue weighted by Crippen LogP contribution is -2.46. The van der Waals surface area contributed by atoms with Gasteiger partial charge in [-0.15, -0.1) is 11.3 Å². The van der Waals surface area contributed by atoms with Crippen molar-refractivity contribution in [1.82, 2.24) is 19.8 Å². The monoisotopic (exact) mass is 412 g/mol. The molecule has 29 heavy (non-hydrogen) atoms. The number of rotatable bonds is 7. The molecule has 154 valence electrons. The van der Waals surface area contributed by atoms with Gasteiger partial charge in [0, 0.05) is 37.6 Å². The normalized spacial score (nSPS) is 15.8. The van der Waals surface area contributed by atoms with Crippen LogP contribution in [0, 0.1) is 13.8 Å². The summed E-state index contributed by atoms with van der Waals surface area (Å²) in [7, 11) is 0. The van der Waals surface area contributed by atoms with Gasteiger partial charge >= 0.3 is 0 Å². The van der Waals surface area contributed by atoms with Crippen LogP contribution < -0.4 is 10.3 Å². The van der Waals surface area contributed by atoms with Gasteiger partial charge < -0.3 is 14.6 Å². The fourth-order valence-corrected chi connectivity index (χ4v) is 4.80. The van der Waals surface area contributed by atoms with E-state index in [1.54, 1.807) is 11.3 Å². The number of nitrogens with zero attached hydrogens (tertiary/aromatic N) is 3. The van der Waals surface area contributed by atoms with Crippen molar-refractivity contribution < 1.29 is 4.74 Å². The fraction of sp³-hybridized carbons (Fsp3) is 0.455. The Labute approximate surface area is 175 Å². The molecule has 1 fully saturated rings. The van der Waals surface area contributed by atoms with Gasteiger partial charge in [-0.1, -0.05) is 18.2 Å². The summed E-state index contributed by atoms with van der Waals surface area (Å²) in [5.74, 6) is 1.71. The van der Waals surface area contributed by atoms with Crippen molar-refractivity contribution in [3.05, 3.63) is 57.0 Å². The van der Waals surface area contributed by atoms with Gasteiger partial charge in [-0.25, -0.2) is 4.98 Å². The van der Waals surface area contributed by atoms with Crippen LogP contribution in [0.15, 0.2) is 35.1 Å². The predicted molar refractivity (Wildman–Crippen MR) is 118 cm³/mol. The van der Waals surface area contributed by atoms with E-state index in [0.29, 0.717) is 6.54 Å². The smallest absolute Gasteiger partial charge is 0.259 e. The molecule has 6 nitrogen and oxygen atoms in total. The molecular weight excluding hydrogens is 384 g/mol. The van der Waals surface area contributed by atoms with Gasteiger partial charge in [-0.2, -0.15) is 0 Å². The molecular formula is C22H28N4O2S. The first-order chi connectivity index (χ1) is 14.1. The molecule has 1 saturated heterocycles. The molecule has 0 unspecified atom stereocenters. The van der Waals surface area contributed by atoms with Crippen molar-refractivity contribution in [2.75, 3.05) is 39.3 Å². The summed E-state index contributed by atoms with van der Waals surface area (Å²) in [5.41, 5.74) is 1.04. The van der Waals surface area contributed by atoms with E-state index in [9.17, 15) is 4.79 Å². The summed E-state index contributed by atoms with van der Waals surface area (Å²) in [5, 5.41) is 0.749. The molecule has 1 aliphatic rings. The highest BCUT2D eigenvalue weighted by Crippen LogP contribution is 2.25. The van der Waals surface area contributed by atoms with E-state index in [1.807, 2.05) is 44.2 Å². The summed E-state index contributed by atoms with van der Waals surface area (Å²) in [6, 6.07) is 9.98. The van der Waals surface area contributed by atoms with Gasteiger partial charge in [-0.3, -0.25) is 9.69 Å². The molecule has 0 aliphatic carbocycles. The third kappa shape index (κ3) is 4.86. The first-order valence-corrected chi connectivity index (χ1v) is 11.0. The van der Waals surface area contributed by atoms with Crippen molar-refractivity contribution in [3.8, 4) is 5.75 Å². The second-order valence-electron chi connectivity index (χ2n) is 7.61. The van der Waals surface area contributed by atoms with Crippen molar-refractivity contribution in [1.29, 1.82) is 0 Å². The number of piperazine rings is 1. The Morgan fingerprint density at radius 2 is 1.83 bits per heavy atom. The molecule has 1 aromatic carbocycles. The van der Waals surface area contributed by atoms with Crippen LogP contribution in [0.5, 0.6) is 5.75 Å². The lowest BCUT2D eigenvalue weighted by Gasteiger charge is -2.34. The standard InChI is InChI=1S/C22H28N4O2S/c1-16-17(2)29-22-20(16)21(27)23-19(24-22)15-26-12-10-25(11-13-26)9-6-14-28-18-7-4-3-5-8-18/h3-5,7-8H,6,9-15H2,1-2H3,(H,23,24,27). The topological polar surface area (TPSA) is 61.5 Å². The average Bonchev–Trinajstić information content (AvgIpc) is 3.01. The molecule has 3 aromatic rings. The zero-order chi connectivity index (χ0) is 20.2. The minimum Gasteiger partial charge on any atom is -0.494 e. The van der Waals surface area contributed by atoms with E-state index in [0.717, 1.165) is 73.1 Å². The fourth-order valence-electron chi connectivity index (χ4n) is 3.75. The Hall–Kier alpha value is -2.22. The number of nitrogens with one attached hydrogen (secondary N) is 1. The quantitative estimate of drug-likeness (QED) is 0.604. The van der Waals surface area contributed by atoms with E-state index >= 15 is 0 Å². The van der Waals surface area contributed by atoms with Crippen molar-refractivity contribution in [2.45, 2.75) is 26.8 Å². The van der Waals surface area contributed by atoms with Gasteiger partial charge in [0.2, 0.25) is 0 Å². The number of H-pyrrole nitrogens is 1. The van der Waals surface area contributed by atoms with Gasteiger partial charge in [0.25, 0.3) is 5.56 Å². The molecule has 7 heteroatoms. The van der Waals surface area contributed by atoms with Crippen LogP contribution in [0.2, 0.25) is 0 Å². The Morgan fingerprint density at radius 1 is 1.10 bits per heavy atom. The number of ether oxygens (including phenoxy) is 1. The molecule has 0 atom stereocenters. The van der Waals surface area contributed by atoms with Crippen LogP contribution in [0.3, 0.4) is 0 Å². The highest BCUT2D eigenvalue weighted by atomic mass is 32.1. The Balaban J connectivity index is 1.24. The molecule has 0 saturated carbocycles. The lowest BCUT2D eigenvalue weighted by molar-refractivity contribution is 0.119. The van der Waals surface area contributed by atoms with Gasteiger partial charge in [0.15, 0.2) is 0 Å². The first-order valence-electron chi connectivity index (χ1n) is 10.2. The number of para-hydroxylation sites is 1. The number of benzene rings is 1. The largest absolute Gasteiger partial charge is 0.494 e. The second kappa shape index (κ2) is 9.07. The molecule has 3 heterocycles. The molecule has 0 amide bonds. The molecule has 4 rings (SSSR count). The van der Waals surface area contributed by atoms with E-state index in [-0.39, 0.29) is 5.56 Å². The first kappa shape index (κ1) is 20.1. The van der Waals surface area contributed by atoms with Crippen molar-refractivity contribution in [3.63, 3.8) is 0 Å². The molecule has 1 aliphatic heterocycles. The summed E-state index contributed by atoms with van der Waals surface area (Å²) in [4.78, 5) is 27.0. The number of thiophene rings is 1. The number of aromatic nitrogens is 2. The molecule has 1 N–H and O–H groups in total. The summed E-state index contributed by atoms with van der Waals surface area (Å²) in [6.07, 6.45) is 1.03. The Bertz CT molecular complexity index is 1010. The van der Waals surface area contributed by atoms with Crippen LogP contribution in [0.1, 0.15) is 22.7 Å². The van der Waals surface area contributed by atoms with E-state index in [4.69, 9.17) is 9.72 Å². The summed E-state index contributed by atoms with van der Waals surface area (Å²) in [6.45, 7) is 10.6. The maximum absolute atomic E-state index is 12.4. The molecule has 2 aromatic heterocycles. The second-order valence-corrected chi connectivity index (χ2v) is 8.81. The van der Waals surface area contributed by atoms with Crippen LogP contribution in [0.25, 0.3) is 10.2 Å². The number of hydrogen-bond acceptors (Lipinski definition) is 6. The summed E-state index contributed by atoms with van der Waals surface area (Å²) >= 11 is 1.61. The van der Waals surface area contributed by atoms with Gasteiger partial charge in [0.05, 0.1) is 18.5 Å². The van der Waals surface area contributed by atoms with Gasteiger partial charge in [-0.05, 0) is 38.0 Å².